The molecule has 0 spiro atoms. The summed E-state index contributed by atoms with van der Waals surface area (Å²) in [5.41, 5.74) is 1.72. The zero-order valence-corrected chi connectivity index (χ0v) is 19.4. The Morgan fingerprint density at radius 1 is 1.06 bits per heavy atom. The Morgan fingerprint density at radius 2 is 1.76 bits per heavy atom. The number of hydrogen-bond acceptors (Lipinski definition) is 5. The number of halogens is 1. The number of carbonyl (C=O) groups is 2. The van der Waals surface area contributed by atoms with Crippen LogP contribution in [0.3, 0.4) is 0 Å². The third kappa shape index (κ3) is 5.40. The van der Waals surface area contributed by atoms with Crippen LogP contribution in [-0.2, 0) is 11.2 Å². The molecule has 8 heteroatoms. The van der Waals surface area contributed by atoms with Gasteiger partial charge in [-0.3, -0.25) is 19.2 Å². The average Bonchev–Trinajstić information content (AvgIpc) is 3.18. The van der Waals surface area contributed by atoms with E-state index in [0.29, 0.717) is 23.5 Å². The molecule has 1 unspecified atom stereocenters. The Balaban J connectivity index is 1.52. The van der Waals surface area contributed by atoms with Gasteiger partial charge in [-0.05, 0) is 92.9 Å². The Kier molecular flexibility index (Phi) is 6.49. The van der Waals surface area contributed by atoms with E-state index in [4.69, 9.17) is 0 Å². The van der Waals surface area contributed by atoms with E-state index >= 15 is 0 Å². The van der Waals surface area contributed by atoms with Crippen molar-refractivity contribution >= 4 is 35.3 Å². The molecule has 1 atom stereocenters. The van der Waals surface area contributed by atoms with Gasteiger partial charge in [0.25, 0.3) is 5.91 Å². The maximum atomic E-state index is 13.3. The van der Waals surface area contributed by atoms with Crippen molar-refractivity contribution in [1.29, 1.82) is 0 Å². The number of nitrogens with one attached hydrogen (secondary N) is 2. The largest absolute Gasteiger partial charge is 0.324 e. The molecule has 0 radical (unpaired) electrons. The highest BCUT2D eigenvalue weighted by molar-refractivity contribution is 7.97. The van der Waals surface area contributed by atoms with Gasteiger partial charge in [0, 0.05) is 34.3 Å². The van der Waals surface area contributed by atoms with Gasteiger partial charge in [0.05, 0.1) is 0 Å². The van der Waals surface area contributed by atoms with E-state index in [0.717, 1.165) is 10.5 Å². The van der Waals surface area contributed by atoms with Crippen molar-refractivity contribution < 1.29 is 14.0 Å². The Bertz CT molecular complexity index is 1160. The number of hydrogen-bond donors (Lipinski definition) is 2. The second-order valence-electron chi connectivity index (χ2n) is 8.86. The van der Waals surface area contributed by atoms with E-state index in [1.165, 1.54) is 41.1 Å². The van der Waals surface area contributed by atoms with Crippen molar-refractivity contribution in [2.45, 2.75) is 43.7 Å². The molecule has 0 bridgehead atoms. The van der Waals surface area contributed by atoms with Gasteiger partial charge in [0.1, 0.15) is 17.7 Å². The Labute approximate surface area is 196 Å². The average molecular weight is 465 g/mol. The van der Waals surface area contributed by atoms with E-state index in [2.05, 4.69) is 35.8 Å². The quantitative estimate of drug-likeness (QED) is 0.530. The van der Waals surface area contributed by atoms with Crippen LogP contribution in [0.5, 0.6) is 0 Å². The van der Waals surface area contributed by atoms with Gasteiger partial charge in [-0.1, -0.05) is 6.07 Å². The molecule has 4 rings (SSSR count). The third-order valence-electron chi connectivity index (χ3n) is 5.03. The van der Waals surface area contributed by atoms with Crippen LogP contribution in [0.25, 0.3) is 0 Å². The van der Waals surface area contributed by atoms with Crippen LogP contribution in [-0.4, -0.2) is 28.4 Å². The second-order valence-corrected chi connectivity index (χ2v) is 9.74. The molecular formula is C25H25FN4O2S. The van der Waals surface area contributed by atoms with Crippen LogP contribution < -0.4 is 14.9 Å². The first-order chi connectivity index (χ1) is 15.7. The SMILES string of the molecule is CC(C)(C)NSc1ccc(NC(=O)C2Cc3cccnc3N2C(=O)c2ccc(F)cc2)cc1. The number of nitrogens with zero attached hydrogens (tertiary/aromatic N) is 2. The van der Waals surface area contributed by atoms with Crippen LogP contribution in [0.2, 0.25) is 0 Å². The number of pyridine rings is 1. The van der Waals surface area contributed by atoms with Gasteiger partial charge in [-0.2, -0.15) is 0 Å². The van der Waals surface area contributed by atoms with Crippen LogP contribution in [0, 0.1) is 5.82 Å². The fraction of sp³-hybridized carbons (Fsp3) is 0.240. The van der Waals surface area contributed by atoms with Gasteiger partial charge in [-0.15, -0.1) is 0 Å². The lowest BCUT2D eigenvalue weighted by atomic mass is 10.1. The third-order valence-corrected chi connectivity index (χ3v) is 6.25. The predicted molar refractivity (Wildman–Crippen MR) is 129 cm³/mol. The van der Waals surface area contributed by atoms with Crippen LogP contribution in [0.4, 0.5) is 15.9 Å². The molecule has 2 heterocycles. The zero-order chi connectivity index (χ0) is 23.6. The molecule has 0 aliphatic carbocycles. The molecule has 0 saturated carbocycles. The smallest absolute Gasteiger partial charge is 0.260 e. The van der Waals surface area contributed by atoms with Crippen molar-refractivity contribution in [2.75, 3.05) is 10.2 Å². The summed E-state index contributed by atoms with van der Waals surface area (Å²) in [4.78, 5) is 33.2. The molecular weight excluding hydrogens is 439 g/mol. The van der Waals surface area contributed by atoms with E-state index in [-0.39, 0.29) is 11.4 Å². The number of amides is 2. The van der Waals surface area contributed by atoms with Crippen molar-refractivity contribution in [2.24, 2.45) is 0 Å². The number of benzene rings is 2. The van der Waals surface area contributed by atoms with E-state index < -0.39 is 17.8 Å². The lowest BCUT2D eigenvalue weighted by Gasteiger charge is -2.24. The Hall–Kier alpha value is -3.23. The summed E-state index contributed by atoms with van der Waals surface area (Å²) >= 11 is 1.52. The highest BCUT2D eigenvalue weighted by Gasteiger charge is 2.39. The summed E-state index contributed by atoms with van der Waals surface area (Å²) in [6.45, 7) is 6.26. The zero-order valence-electron chi connectivity index (χ0n) is 18.6. The van der Waals surface area contributed by atoms with Crippen molar-refractivity contribution in [3.8, 4) is 0 Å². The number of rotatable bonds is 5. The van der Waals surface area contributed by atoms with Gasteiger partial charge < -0.3 is 5.32 Å². The number of carbonyl (C=O) groups excluding carboxylic acids is 2. The summed E-state index contributed by atoms with van der Waals surface area (Å²) in [6, 6.07) is 15.7. The van der Waals surface area contributed by atoms with Gasteiger partial charge in [0.2, 0.25) is 5.91 Å². The predicted octanol–water partition coefficient (Wildman–Crippen LogP) is 4.83. The summed E-state index contributed by atoms with van der Waals surface area (Å²) in [6.07, 6.45) is 1.94. The summed E-state index contributed by atoms with van der Waals surface area (Å²) in [5.74, 6) is -0.684. The molecule has 1 aromatic heterocycles. The van der Waals surface area contributed by atoms with E-state index in [9.17, 15) is 14.0 Å². The maximum absolute atomic E-state index is 13.3. The fourth-order valence-corrected chi connectivity index (χ4v) is 4.17. The van der Waals surface area contributed by atoms with Gasteiger partial charge in [0.15, 0.2) is 0 Å². The number of aromatic nitrogens is 1. The van der Waals surface area contributed by atoms with E-state index in [1.54, 1.807) is 12.3 Å². The minimum Gasteiger partial charge on any atom is -0.324 e. The molecule has 1 aliphatic heterocycles. The molecule has 170 valence electrons. The molecule has 2 amide bonds. The molecule has 33 heavy (non-hydrogen) atoms. The fourth-order valence-electron chi connectivity index (χ4n) is 3.48. The van der Waals surface area contributed by atoms with Crippen molar-refractivity contribution in [1.82, 2.24) is 9.71 Å². The first-order valence-corrected chi connectivity index (χ1v) is 11.4. The summed E-state index contributed by atoms with van der Waals surface area (Å²) in [7, 11) is 0. The highest BCUT2D eigenvalue weighted by atomic mass is 32.2. The summed E-state index contributed by atoms with van der Waals surface area (Å²) in [5, 5.41) is 2.91. The second kappa shape index (κ2) is 9.33. The molecule has 6 nitrogen and oxygen atoms in total. The van der Waals surface area contributed by atoms with Crippen molar-refractivity contribution in [3.63, 3.8) is 0 Å². The minimum absolute atomic E-state index is 0.0242. The van der Waals surface area contributed by atoms with Crippen LogP contribution >= 0.6 is 11.9 Å². The molecule has 0 saturated heterocycles. The van der Waals surface area contributed by atoms with Gasteiger partial charge in [-0.25, -0.2) is 9.37 Å². The van der Waals surface area contributed by atoms with E-state index in [1.807, 2.05) is 30.3 Å². The van der Waals surface area contributed by atoms with Crippen LogP contribution in [0.1, 0.15) is 36.7 Å². The number of anilines is 2. The highest BCUT2D eigenvalue weighted by Crippen LogP contribution is 2.32. The van der Waals surface area contributed by atoms with Crippen LogP contribution in [0.15, 0.2) is 71.8 Å². The molecule has 3 aromatic rings. The molecule has 0 fully saturated rings. The number of fused-ring (bicyclic) bond motifs is 1. The van der Waals surface area contributed by atoms with Gasteiger partial charge >= 0.3 is 0 Å². The first-order valence-electron chi connectivity index (χ1n) is 10.6. The first kappa shape index (κ1) is 22.9. The monoisotopic (exact) mass is 464 g/mol. The summed E-state index contributed by atoms with van der Waals surface area (Å²) < 4.78 is 16.7. The lowest BCUT2D eigenvalue weighted by Crippen LogP contribution is -2.45. The Morgan fingerprint density at radius 3 is 2.42 bits per heavy atom. The normalized spacial score (nSPS) is 15.3. The topological polar surface area (TPSA) is 74.3 Å². The molecule has 1 aliphatic rings. The molecule has 2 N–H and O–H groups in total. The standard InChI is InChI=1S/C25H25FN4O2S/c1-25(2,3)29-33-20-12-10-19(11-13-20)28-23(31)21-15-17-5-4-14-27-22(17)30(21)24(32)16-6-8-18(26)9-7-16/h4-14,21,29H,15H2,1-3H3,(H,28,31). The lowest BCUT2D eigenvalue weighted by molar-refractivity contribution is -0.117. The maximum Gasteiger partial charge on any atom is 0.260 e. The van der Waals surface area contributed by atoms with Crippen molar-refractivity contribution in [3.05, 3.63) is 83.8 Å². The molecule has 2 aromatic carbocycles. The minimum atomic E-state index is -0.760.